The normalized spacial score (nSPS) is 22.6. The molecule has 0 heterocycles. The van der Waals surface area contributed by atoms with Crippen molar-refractivity contribution in [2.45, 2.75) is 306 Å². The summed E-state index contributed by atoms with van der Waals surface area (Å²) in [7, 11) is -5.11. The Morgan fingerprint density at radius 1 is 0.484 bits per heavy atom. The highest BCUT2D eigenvalue weighted by molar-refractivity contribution is 7.47. The molecule has 64 heavy (non-hydrogen) atoms. The number of rotatable bonds is 45. The van der Waals surface area contributed by atoms with Crippen LogP contribution in [0.2, 0.25) is 0 Å². The van der Waals surface area contributed by atoms with E-state index in [0.717, 1.165) is 51.4 Å². The molecule has 0 aromatic carbocycles. The minimum atomic E-state index is -5.11. The van der Waals surface area contributed by atoms with Gasteiger partial charge in [0.1, 0.15) is 36.6 Å². The first-order valence-corrected chi connectivity index (χ1v) is 28.1. The maximum absolute atomic E-state index is 13.1. The van der Waals surface area contributed by atoms with Gasteiger partial charge < -0.3 is 46.0 Å². The van der Waals surface area contributed by atoms with Crippen LogP contribution in [0, 0.1) is 0 Å². The molecule has 1 fully saturated rings. The largest absolute Gasteiger partial charge is 0.472 e. The number of aliphatic hydroxyl groups is 7. The number of unbranched alkanes of at least 4 members (excludes halogenated alkanes) is 32. The Hall–Kier alpha value is -0.700. The van der Waals surface area contributed by atoms with Crippen LogP contribution in [0.25, 0.3) is 0 Å². The summed E-state index contributed by atoms with van der Waals surface area (Å²) in [4.78, 5) is 23.5. The van der Waals surface area contributed by atoms with Gasteiger partial charge in [-0.25, -0.2) is 4.57 Å². The summed E-state index contributed by atoms with van der Waals surface area (Å²) in [6, 6.07) is -1.15. The van der Waals surface area contributed by atoms with Crippen molar-refractivity contribution in [1.29, 1.82) is 0 Å². The van der Waals surface area contributed by atoms with Gasteiger partial charge in [-0.15, -0.1) is 0 Å². The summed E-state index contributed by atoms with van der Waals surface area (Å²) < 4.78 is 23.0. The van der Waals surface area contributed by atoms with E-state index in [1.807, 2.05) is 0 Å². The Bertz CT molecular complexity index is 1110. The summed E-state index contributed by atoms with van der Waals surface area (Å²) >= 11 is 0. The Kier molecular flexibility index (Phi) is 38.5. The second-order valence-corrected chi connectivity index (χ2v) is 20.7. The number of carbonyl (C=O) groups is 1. The lowest BCUT2D eigenvalue weighted by Gasteiger charge is -2.41. The Morgan fingerprint density at radius 2 is 0.781 bits per heavy atom. The molecule has 0 aromatic rings. The van der Waals surface area contributed by atoms with Gasteiger partial charge in [-0.3, -0.25) is 13.8 Å². The van der Waals surface area contributed by atoms with Crippen LogP contribution in [-0.4, -0.2) is 108 Å². The second-order valence-electron chi connectivity index (χ2n) is 19.3. The zero-order valence-corrected chi connectivity index (χ0v) is 41.6. The van der Waals surface area contributed by atoms with Gasteiger partial charge in [0.2, 0.25) is 5.91 Å². The van der Waals surface area contributed by atoms with Crippen molar-refractivity contribution in [2.24, 2.45) is 0 Å². The molecule has 0 saturated heterocycles. The average Bonchev–Trinajstić information content (AvgIpc) is 3.27. The standard InChI is InChI=1S/C50H100NO12P/c1-3-5-7-9-11-13-15-17-18-19-20-21-22-23-24-26-27-29-31-33-35-37-41(52)39-44(54)51-42(43(53)38-36-34-32-30-28-25-16-14-12-10-8-6-4-2)40-62-64(60,61)63-50-48(58)46(56)45(55)47(57)49(50)59/h41-43,45-50,52-53,55-59H,3-40H2,1-2H3,(H,51,54)(H,60,61). The molecule has 1 rings (SSSR count). The van der Waals surface area contributed by atoms with E-state index in [9.17, 15) is 50.0 Å². The van der Waals surface area contributed by atoms with Gasteiger partial charge in [-0.05, 0) is 12.8 Å². The van der Waals surface area contributed by atoms with Gasteiger partial charge in [-0.2, -0.15) is 0 Å². The van der Waals surface area contributed by atoms with Gasteiger partial charge in [0.25, 0.3) is 0 Å². The first kappa shape index (κ1) is 61.3. The van der Waals surface area contributed by atoms with Crippen molar-refractivity contribution in [3.63, 3.8) is 0 Å². The number of hydrogen-bond donors (Lipinski definition) is 9. The van der Waals surface area contributed by atoms with Crippen molar-refractivity contribution in [3.05, 3.63) is 0 Å². The molecule has 0 bridgehead atoms. The Balaban J connectivity index is 2.39. The molecule has 382 valence electrons. The molecule has 0 aliphatic heterocycles. The number of carbonyl (C=O) groups excluding carboxylic acids is 1. The zero-order chi connectivity index (χ0) is 47.3. The van der Waals surface area contributed by atoms with E-state index in [1.54, 1.807) is 0 Å². The van der Waals surface area contributed by atoms with E-state index in [2.05, 4.69) is 19.2 Å². The van der Waals surface area contributed by atoms with Crippen molar-refractivity contribution in [1.82, 2.24) is 5.32 Å². The molecule has 1 aliphatic rings. The van der Waals surface area contributed by atoms with E-state index >= 15 is 0 Å². The summed E-state index contributed by atoms with van der Waals surface area (Å²) in [6.07, 6.45) is 28.7. The molecule has 1 aliphatic carbocycles. The first-order chi connectivity index (χ1) is 30.8. The number of phosphoric acid groups is 1. The van der Waals surface area contributed by atoms with E-state index in [1.165, 1.54) is 161 Å². The molecule has 0 spiro atoms. The van der Waals surface area contributed by atoms with Crippen molar-refractivity contribution in [3.8, 4) is 0 Å². The molecule has 1 amide bonds. The third-order valence-electron chi connectivity index (χ3n) is 13.2. The fraction of sp³-hybridized carbons (Fsp3) is 0.980. The van der Waals surface area contributed by atoms with E-state index < -0.39 is 75.2 Å². The Morgan fingerprint density at radius 3 is 1.12 bits per heavy atom. The maximum atomic E-state index is 13.1. The minimum absolute atomic E-state index is 0.215. The molecule has 14 heteroatoms. The first-order valence-electron chi connectivity index (χ1n) is 26.6. The van der Waals surface area contributed by atoms with Gasteiger partial charge in [0.15, 0.2) is 0 Å². The molecule has 8 atom stereocenters. The van der Waals surface area contributed by atoms with Gasteiger partial charge >= 0.3 is 7.82 Å². The molecular weight excluding hydrogens is 838 g/mol. The van der Waals surface area contributed by atoms with Crippen molar-refractivity contribution >= 4 is 13.7 Å². The van der Waals surface area contributed by atoms with Crippen LogP contribution >= 0.6 is 7.82 Å². The smallest absolute Gasteiger partial charge is 0.393 e. The fourth-order valence-corrected chi connectivity index (χ4v) is 9.86. The fourth-order valence-electron chi connectivity index (χ4n) is 8.90. The van der Waals surface area contributed by atoms with Crippen molar-refractivity contribution in [2.75, 3.05) is 6.61 Å². The summed E-state index contributed by atoms with van der Waals surface area (Å²) in [5, 5.41) is 74.8. The quantitative estimate of drug-likeness (QED) is 0.0205. The lowest BCUT2D eigenvalue weighted by molar-refractivity contribution is -0.220. The average molecular weight is 938 g/mol. The second kappa shape index (κ2) is 40.2. The molecule has 13 nitrogen and oxygen atoms in total. The van der Waals surface area contributed by atoms with Gasteiger partial charge in [0.05, 0.1) is 31.3 Å². The summed E-state index contributed by atoms with van der Waals surface area (Å²) in [5.74, 6) is -0.555. The van der Waals surface area contributed by atoms with Crippen LogP contribution in [0.4, 0.5) is 0 Å². The number of nitrogens with one attached hydrogen (secondary N) is 1. The Labute approximate surface area is 389 Å². The molecular formula is C50H100NO12P. The van der Waals surface area contributed by atoms with Crippen LogP contribution in [0.5, 0.6) is 0 Å². The highest BCUT2D eigenvalue weighted by atomic mass is 31.2. The minimum Gasteiger partial charge on any atom is -0.393 e. The van der Waals surface area contributed by atoms with Crippen LogP contribution in [0.1, 0.15) is 251 Å². The maximum Gasteiger partial charge on any atom is 0.472 e. The molecule has 1 saturated carbocycles. The third-order valence-corrected chi connectivity index (χ3v) is 14.2. The third kappa shape index (κ3) is 31.4. The number of hydrogen-bond acceptors (Lipinski definition) is 11. The molecule has 0 aromatic heterocycles. The van der Waals surface area contributed by atoms with Crippen LogP contribution in [0.15, 0.2) is 0 Å². The van der Waals surface area contributed by atoms with Crippen molar-refractivity contribution < 1.29 is 59.0 Å². The van der Waals surface area contributed by atoms with Crippen LogP contribution in [0.3, 0.4) is 0 Å². The molecule has 8 unspecified atom stereocenters. The molecule has 0 radical (unpaired) electrons. The van der Waals surface area contributed by atoms with Gasteiger partial charge in [-0.1, -0.05) is 232 Å². The van der Waals surface area contributed by atoms with Crippen LogP contribution in [-0.2, 0) is 18.4 Å². The topological polar surface area (TPSA) is 226 Å². The predicted molar refractivity (Wildman–Crippen MR) is 257 cm³/mol. The highest BCUT2D eigenvalue weighted by Crippen LogP contribution is 2.47. The monoisotopic (exact) mass is 938 g/mol. The van der Waals surface area contributed by atoms with E-state index in [0.29, 0.717) is 12.8 Å². The predicted octanol–water partition coefficient (Wildman–Crippen LogP) is 9.99. The zero-order valence-electron chi connectivity index (χ0n) is 40.7. The van der Waals surface area contributed by atoms with Gasteiger partial charge in [0, 0.05) is 0 Å². The number of phosphoric ester groups is 1. The number of amides is 1. The van der Waals surface area contributed by atoms with E-state index in [4.69, 9.17) is 9.05 Å². The molecule has 9 N–H and O–H groups in total. The lowest BCUT2D eigenvalue weighted by Crippen LogP contribution is -2.64. The SMILES string of the molecule is CCCCCCCCCCCCCCCCCCCCCCCC(O)CC(=O)NC(COP(=O)(O)OC1C(O)C(O)C(O)C(O)C1O)C(O)CCCCCCCCCCCCCCC. The highest BCUT2D eigenvalue weighted by Gasteiger charge is 2.51. The summed E-state index contributed by atoms with van der Waals surface area (Å²) in [6.45, 7) is 3.82. The summed E-state index contributed by atoms with van der Waals surface area (Å²) in [5.41, 5.74) is 0. The number of aliphatic hydroxyl groups excluding tert-OH is 7. The van der Waals surface area contributed by atoms with E-state index in [-0.39, 0.29) is 12.8 Å². The lowest BCUT2D eigenvalue weighted by atomic mass is 9.85. The van der Waals surface area contributed by atoms with Crippen LogP contribution < -0.4 is 5.32 Å².